The van der Waals surface area contributed by atoms with Crippen molar-refractivity contribution in [2.75, 3.05) is 5.32 Å². The predicted octanol–water partition coefficient (Wildman–Crippen LogP) is 2.12. The lowest BCUT2D eigenvalue weighted by Gasteiger charge is -2.05. The highest BCUT2D eigenvalue weighted by Gasteiger charge is 2.12. The van der Waals surface area contributed by atoms with Crippen LogP contribution >= 0.6 is 0 Å². The summed E-state index contributed by atoms with van der Waals surface area (Å²) in [4.78, 5) is 35.5. The summed E-state index contributed by atoms with van der Waals surface area (Å²) in [5.41, 5.74) is 1.96. The van der Waals surface area contributed by atoms with Gasteiger partial charge in [0, 0.05) is 19.8 Å². The first-order valence-electron chi connectivity index (χ1n) is 8.24. The van der Waals surface area contributed by atoms with Crippen molar-refractivity contribution < 1.29 is 14.7 Å². The highest BCUT2D eigenvalue weighted by atomic mass is 16.4. The molecule has 3 rings (SSSR count). The van der Waals surface area contributed by atoms with E-state index in [1.807, 2.05) is 6.07 Å². The zero-order chi connectivity index (χ0) is 20.4. The number of hydrogen-bond donors (Lipinski definition) is 2. The minimum absolute atomic E-state index is 0.0238. The standard InChI is InChI=1S/C20H16N4O4/c1-23-16-7-6-12(9-17(16)24(2)20(23)28)8-14(11-21)18(25)22-15-5-3-4-13(10-15)19(26)27/h3-10H,1-2H3,(H,22,25)(H,26,27)/b14-8+. The number of amides is 1. The van der Waals surface area contributed by atoms with Crippen molar-refractivity contribution in [3.63, 3.8) is 0 Å². The topological polar surface area (TPSA) is 117 Å². The number of aromatic nitrogens is 2. The highest BCUT2D eigenvalue weighted by Crippen LogP contribution is 2.17. The molecule has 0 atom stereocenters. The minimum atomic E-state index is -1.12. The molecule has 2 aromatic carbocycles. The Balaban J connectivity index is 1.92. The number of aromatic carboxylic acids is 1. The van der Waals surface area contributed by atoms with E-state index >= 15 is 0 Å². The van der Waals surface area contributed by atoms with Crippen molar-refractivity contribution in [2.45, 2.75) is 0 Å². The fourth-order valence-electron chi connectivity index (χ4n) is 2.86. The van der Waals surface area contributed by atoms with E-state index in [1.54, 1.807) is 32.3 Å². The van der Waals surface area contributed by atoms with Gasteiger partial charge in [-0.15, -0.1) is 0 Å². The molecule has 0 bridgehead atoms. The molecule has 1 heterocycles. The van der Waals surface area contributed by atoms with Gasteiger partial charge in [-0.05, 0) is 42.0 Å². The van der Waals surface area contributed by atoms with Gasteiger partial charge >= 0.3 is 11.7 Å². The number of carbonyl (C=O) groups is 2. The maximum Gasteiger partial charge on any atom is 0.335 e. The van der Waals surface area contributed by atoms with Crippen molar-refractivity contribution in [3.8, 4) is 6.07 Å². The van der Waals surface area contributed by atoms with Crippen LogP contribution in [0.2, 0.25) is 0 Å². The van der Waals surface area contributed by atoms with Crippen LogP contribution in [0.1, 0.15) is 15.9 Å². The third-order valence-corrected chi connectivity index (χ3v) is 4.34. The largest absolute Gasteiger partial charge is 0.478 e. The maximum absolute atomic E-state index is 12.4. The van der Waals surface area contributed by atoms with Gasteiger partial charge in [0.05, 0.1) is 16.6 Å². The number of carboxylic acid groups (broad SMARTS) is 1. The normalized spacial score (nSPS) is 11.2. The van der Waals surface area contributed by atoms with Crippen LogP contribution in [-0.2, 0) is 18.9 Å². The summed E-state index contributed by atoms with van der Waals surface area (Å²) in [7, 11) is 3.31. The number of nitrogens with zero attached hydrogens (tertiary/aromatic N) is 3. The van der Waals surface area contributed by atoms with E-state index in [0.717, 1.165) is 5.52 Å². The Kier molecular flexibility index (Phi) is 4.83. The fraction of sp³-hybridized carbons (Fsp3) is 0.100. The van der Waals surface area contributed by atoms with E-state index in [1.165, 1.54) is 39.5 Å². The molecule has 0 aliphatic carbocycles. The SMILES string of the molecule is Cn1c(=O)n(C)c2cc(/C=C(\C#N)C(=O)Nc3cccc(C(=O)O)c3)ccc21. The molecule has 0 aliphatic heterocycles. The number of nitriles is 1. The molecular weight excluding hydrogens is 360 g/mol. The molecule has 8 heteroatoms. The zero-order valence-electron chi connectivity index (χ0n) is 15.1. The molecular formula is C20H16N4O4. The molecule has 3 aromatic rings. The predicted molar refractivity (Wildman–Crippen MR) is 104 cm³/mol. The van der Waals surface area contributed by atoms with Gasteiger partial charge in [-0.2, -0.15) is 5.26 Å². The number of carboxylic acids is 1. The second-order valence-corrected chi connectivity index (χ2v) is 6.16. The molecule has 0 unspecified atom stereocenters. The van der Waals surface area contributed by atoms with Crippen molar-refractivity contribution in [1.82, 2.24) is 9.13 Å². The first-order valence-corrected chi connectivity index (χ1v) is 8.24. The fourth-order valence-corrected chi connectivity index (χ4v) is 2.86. The maximum atomic E-state index is 12.4. The molecule has 8 nitrogen and oxygen atoms in total. The highest BCUT2D eigenvalue weighted by molar-refractivity contribution is 6.10. The molecule has 0 aliphatic rings. The second kappa shape index (κ2) is 7.25. The summed E-state index contributed by atoms with van der Waals surface area (Å²) >= 11 is 0. The van der Waals surface area contributed by atoms with Gasteiger partial charge in [-0.3, -0.25) is 13.9 Å². The Morgan fingerprint density at radius 3 is 2.50 bits per heavy atom. The molecule has 0 spiro atoms. The van der Waals surface area contributed by atoms with E-state index < -0.39 is 11.9 Å². The minimum Gasteiger partial charge on any atom is -0.478 e. The second-order valence-electron chi connectivity index (χ2n) is 6.16. The number of imidazole rings is 1. The Morgan fingerprint density at radius 1 is 1.11 bits per heavy atom. The van der Waals surface area contributed by atoms with Crippen LogP contribution in [-0.4, -0.2) is 26.1 Å². The third kappa shape index (κ3) is 3.41. The van der Waals surface area contributed by atoms with E-state index in [9.17, 15) is 19.6 Å². The van der Waals surface area contributed by atoms with Crippen LogP contribution < -0.4 is 11.0 Å². The molecule has 0 radical (unpaired) electrons. The average Bonchev–Trinajstić information content (AvgIpc) is 2.90. The number of hydrogen-bond acceptors (Lipinski definition) is 4. The van der Waals surface area contributed by atoms with Crippen LogP contribution in [0.3, 0.4) is 0 Å². The Morgan fingerprint density at radius 2 is 1.82 bits per heavy atom. The van der Waals surface area contributed by atoms with Gasteiger partial charge in [-0.1, -0.05) is 12.1 Å². The van der Waals surface area contributed by atoms with E-state index in [2.05, 4.69) is 5.32 Å². The van der Waals surface area contributed by atoms with Crippen molar-refractivity contribution in [1.29, 1.82) is 5.26 Å². The van der Waals surface area contributed by atoms with Crippen LogP contribution in [0.4, 0.5) is 5.69 Å². The lowest BCUT2D eigenvalue weighted by Crippen LogP contribution is -2.19. The van der Waals surface area contributed by atoms with Crippen LogP contribution in [0, 0.1) is 11.3 Å². The molecule has 0 saturated carbocycles. The number of rotatable bonds is 4. The molecule has 0 fully saturated rings. The van der Waals surface area contributed by atoms with E-state index in [0.29, 0.717) is 11.1 Å². The van der Waals surface area contributed by atoms with Crippen LogP contribution in [0.5, 0.6) is 0 Å². The van der Waals surface area contributed by atoms with Gasteiger partial charge in [0.25, 0.3) is 5.91 Å². The number of aryl methyl sites for hydroxylation is 2. The molecule has 140 valence electrons. The summed E-state index contributed by atoms with van der Waals surface area (Å²) in [6, 6.07) is 12.7. The first-order chi connectivity index (χ1) is 13.3. The first kappa shape index (κ1) is 18.7. The summed E-state index contributed by atoms with van der Waals surface area (Å²) in [5, 5.41) is 20.9. The van der Waals surface area contributed by atoms with E-state index in [4.69, 9.17) is 5.11 Å². The number of benzene rings is 2. The number of nitrogens with one attached hydrogen (secondary N) is 1. The lowest BCUT2D eigenvalue weighted by atomic mass is 10.1. The third-order valence-electron chi connectivity index (χ3n) is 4.34. The van der Waals surface area contributed by atoms with Crippen LogP contribution in [0.15, 0.2) is 52.8 Å². The van der Waals surface area contributed by atoms with Gasteiger partial charge in [0.1, 0.15) is 11.6 Å². The zero-order valence-corrected chi connectivity index (χ0v) is 15.1. The number of carbonyl (C=O) groups excluding carboxylic acids is 1. The molecule has 28 heavy (non-hydrogen) atoms. The van der Waals surface area contributed by atoms with Gasteiger partial charge < -0.3 is 10.4 Å². The van der Waals surface area contributed by atoms with Crippen molar-refractivity contribution in [3.05, 3.63) is 69.6 Å². The van der Waals surface area contributed by atoms with Crippen LogP contribution in [0.25, 0.3) is 17.1 Å². The van der Waals surface area contributed by atoms with Gasteiger partial charge in [0.15, 0.2) is 0 Å². The monoisotopic (exact) mass is 376 g/mol. The summed E-state index contributed by atoms with van der Waals surface area (Å²) in [5.74, 6) is -1.78. The quantitative estimate of drug-likeness (QED) is 0.534. The van der Waals surface area contributed by atoms with Crippen molar-refractivity contribution in [2.24, 2.45) is 14.1 Å². The smallest absolute Gasteiger partial charge is 0.335 e. The molecule has 0 saturated heterocycles. The summed E-state index contributed by atoms with van der Waals surface area (Å²) in [6.07, 6.45) is 1.41. The van der Waals surface area contributed by atoms with Gasteiger partial charge in [-0.25, -0.2) is 9.59 Å². The molecule has 1 amide bonds. The summed E-state index contributed by atoms with van der Waals surface area (Å²) in [6.45, 7) is 0. The number of anilines is 1. The van der Waals surface area contributed by atoms with Crippen molar-refractivity contribution >= 4 is 34.7 Å². The Labute approximate surface area is 159 Å². The Hall–Kier alpha value is -4.12. The Bertz CT molecular complexity index is 1240. The summed E-state index contributed by atoms with van der Waals surface area (Å²) < 4.78 is 2.99. The lowest BCUT2D eigenvalue weighted by molar-refractivity contribution is -0.112. The van der Waals surface area contributed by atoms with E-state index in [-0.39, 0.29) is 22.5 Å². The average molecular weight is 376 g/mol. The molecule has 2 N–H and O–H groups in total. The molecule has 1 aromatic heterocycles. The van der Waals surface area contributed by atoms with Gasteiger partial charge in [0.2, 0.25) is 0 Å². The number of fused-ring (bicyclic) bond motifs is 1.